The summed E-state index contributed by atoms with van der Waals surface area (Å²) in [5.74, 6) is 0.467. The van der Waals surface area contributed by atoms with Crippen LogP contribution >= 0.6 is 0 Å². The van der Waals surface area contributed by atoms with E-state index in [0.29, 0.717) is 18.9 Å². The average Bonchev–Trinajstić information content (AvgIpc) is 2.19. The van der Waals surface area contributed by atoms with E-state index in [-0.39, 0.29) is 0 Å². The van der Waals surface area contributed by atoms with Gasteiger partial charge in [-0.3, -0.25) is 0 Å². The third-order valence-electron chi connectivity index (χ3n) is 2.10. The van der Waals surface area contributed by atoms with Crippen molar-refractivity contribution >= 4 is 11.8 Å². The summed E-state index contributed by atoms with van der Waals surface area (Å²) in [4.78, 5) is 11.3. The molecule has 0 saturated heterocycles. The van der Waals surface area contributed by atoms with Gasteiger partial charge >= 0.3 is 6.09 Å². The highest BCUT2D eigenvalue weighted by Crippen LogP contribution is 2.07. The van der Waals surface area contributed by atoms with Crippen LogP contribution in [0.4, 0.5) is 4.79 Å². The maximum atomic E-state index is 11.3. The summed E-state index contributed by atoms with van der Waals surface area (Å²) >= 11 is 0. The summed E-state index contributed by atoms with van der Waals surface area (Å²) in [7, 11) is 0. The lowest BCUT2D eigenvalue weighted by molar-refractivity contribution is 0.0527. The summed E-state index contributed by atoms with van der Waals surface area (Å²) in [5.41, 5.74) is 0.301. The van der Waals surface area contributed by atoms with Crippen LogP contribution in [-0.2, 0) is 4.74 Å². The SMILES string of the molecule is CC(C)CC(CCCNC(=O)OC(C)(C)C)=NO. The van der Waals surface area contributed by atoms with Gasteiger partial charge in [0, 0.05) is 6.54 Å². The van der Waals surface area contributed by atoms with Crippen LogP contribution in [0.1, 0.15) is 53.9 Å². The first kappa shape index (κ1) is 16.7. The highest BCUT2D eigenvalue weighted by Gasteiger charge is 2.15. The topological polar surface area (TPSA) is 70.9 Å². The van der Waals surface area contributed by atoms with E-state index in [1.54, 1.807) is 0 Å². The van der Waals surface area contributed by atoms with Crippen LogP contribution in [0.3, 0.4) is 0 Å². The lowest BCUT2D eigenvalue weighted by atomic mass is 10.0. The molecule has 5 nitrogen and oxygen atoms in total. The minimum atomic E-state index is -0.473. The summed E-state index contributed by atoms with van der Waals surface area (Å²) in [6.07, 6.45) is 1.80. The molecule has 0 atom stereocenters. The number of nitrogens with zero attached hydrogens (tertiary/aromatic N) is 1. The summed E-state index contributed by atoms with van der Waals surface area (Å²) < 4.78 is 5.11. The Morgan fingerprint density at radius 1 is 1.39 bits per heavy atom. The molecule has 106 valence electrons. The van der Waals surface area contributed by atoms with Gasteiger partial charge in [-0.1, -0.05) is 19.0 Å². The van der Waals surface area contributed by atoms with E-state index in [4.69, 9.17) is 9.94 Å². The summed E-state index contributed by atoms with van der Waals surface area (Å²) in [6.45, 7) is 10.1. The van der Waals surface area contributed by atoms with Gasteiger partial charge in [0.15, 0.2) is 0 Å². The number of hydrogen-bond acceptors (Lipinski definition) is 4. The van der Waals surface area contributed by atoms with Gasteiger partial charge in [-0.25, -0.2) is 4.79 Å². The van der Waals surface area contributed by atoms with Crippen LogP contribution < -0.4 is 5.32 Å². The summed E-state index contributed by atoms with van der Waals surface area (Å²) in [5, 5.41) is 14.8. The number of oxime groups is 1. The van der Waals surface area contributed by atoms with Gasteiger partial charge in [0.1, 0.15) is 5.60 Å². The molecule has 0 aromatic rings. The van der Waals surface area contributed by atoms with Crippen LogP contribution in [0.15, 0.2) is 5.16 Å². The monoisotopic (exact) mass is 258 g/mol. The number of rotatable bonds is 6. The molecule has 0 radical (unpaired) electrons. The van der Waals surface area contributed by atoms with E-state index in [1.165, 1.54) is 0 Å². The average molecular weight is 258 g/mol. The molecule has 1 amide bonds. The molecule has 0 saturated carbocycles. The van der Waals surface area contributed by atoms with E-state index in [9.17, 15) is 4.79 Å². The Kier molecular flexibility index (Phi) is 7.39. The number of carbonyl (C=O) groups is 1. The van der Waals surface area contributed by atoms with Gasteiger partial charge < -0.3 is 15.3 Å². The third kappa shape index (κ3) is 9.93. The maximum absolute atomic E-state index is 11.3. The van der Waals surface area contributed by atoms with Gasteiger partial charge in [0.25, 0.3) is 0 Å². The fourth-order valence-corrected chi connectivity index (χ4v) is 1.46. The molecule has 0 aromatic heterocycles. The third-order valence-corrected chi connectivity index (χ3v) is 2.10. The van der Waals surface area contributed by atoms with Crippen molar-refractivity contribution in [2.45, 2.75) is 59.5 Å². The van der Waals surface area contributed by atoms with Gasteiger partial charge in [-0.15, -0.1) is 0 Å². The Bertz CT molecular complexity index is 280. The molecule has 18 heavy (non-hydrogen) atoms. The predicted octanol–water partition coefficient (Wildman–Crippen LogP) is 3.17. The maximum Gasteiger partial charge on any atom is 0.407 e. The van der Waals surface area contributed by atoms with Crippen LogP contribution in [0.5, 0.6) is 0 Å². The Hall–Kier alpha value is -1.26. The minimum absolute atomic E-state index is 0.408. The van der Waals surface area contributed by atoms with Gasteiger partial charge in [0.2, 0.25) is 0 Å². The fourth-order valence-electron chi connectivity index (χ4n) is 1.46. The van der Waals surface area contributed by atoms with E-state index in [0.717, 1.165) is 18.6 Å². The van der Waals surface area contributed by atoms with Crippen molar-refractivity contribution in [2.75, 3.05) is 6.54 Å². The van der Waals surface area contributed by atoms with E-state index >= 15 is 0 Å². The molecule has 0 heterocycles. The van der Waals surface area contributed by atoms with Crippen molar-refractivity contribution in [2.24, 2.45) is 11.1 Å². The number of carbonyl (C=O) groups excluding carboxylic acids is 1. The molecule has 0 rings (SSSR count). The second kappa shape index (κ2) is 7.95. The van der Waals surface area contributed by atoms with Crippen molar-refractivity contribution in [3.8, 4) is 0 Å². The van der Waals surface area contributed by atoms with Crippen molar-refractivity contribution in [1.29, 1.82) is 0 Å². The van der Waals surface area contributed by atoms with E-state index in [2.05, 4.69) is 24.3 Å². The Labute approximate surface area is 110 Å². The molecule has 0 unspecified atom stereocenters. The molecule has 0 fully saturated rings. The largest absolute Gasteiger partial charge is 0.444 e. The molecule has 0 aliphatic carbocycles. The number of alkyl carbamates (subject to hydrolysis) is 1. The zero-order chi connectivity index (χ0) is 14.2. The van der Waals surface area contributed by atoms with E-state index < -0.39 is 11.7 Å². The molecule has 0 aromatic carbocycles. The Balaban J connectivity index is 3.76. The van der Waals surface area contributed by atoms with Crippen LogP contribution in [0.2, 0.25) is 0 Å². The number of hydrogen-bond donors (Lipinski definition) is 2. The molecule has 0 aliphatic heterocycles. The smallest absolute Gasteiger partial charge is 0.407 e. The first-order valence-corrected chi connectivity index (χ1v) is 6.41. The van der Waals surface area contributed by atoms with Crippen LogP contribution in [-0.4, -0.2) is 29.2 Å². The van der Waals surface area contributed by atoms with Crippen LogP contribution in [0, 0.1) is 5.92 Å². The number of ether oxygens (including phenoxy) is 1. The Morgan fingerprint density at radius 2 is 2.00 bits per heavy atom. The van der Waals surface area contributed by atoms with Crippen molar-refractivity contribution in [3.63, 3.8) is 0 Å². The van der Waals surface area contributed by atoms with Crippen molar-refractivity contribution < 1.29 is 14.7 Å². The second-order valence-corrected chi connectivity index (χ2v) is 5.80. The minimum Gasteiger partial charge on any atom is -0.444 e. The molecule has 0 bridgehead atoms. The standard InChI is InChI=1S/C13H26N2O3/c1-10(2)9-11(15-17)7-6-8-14-12(16)18-13(3,4)5/h10,17H,6-9H2,1-5H3,(H,14,16). The Morgan fingerprint density at radius 3 is 2.44 bits per heavy atom. The van der Waals surface area contributed by atoms with Crippen molar-refractivity contribution in [1.82, 2.24) is 5.32 Å². The quantitative estimate of drug-likeness (QED) is 0.333. The van der Waals surface area contributed by atoms with E-state index in [1.807, 2.05) is 20.8 Å². The van der Waals surface area contributed by atoms with Crippen molar-refractivity contribution in [3.05, 3.63) is 0 Å². The lowest BCUT2D eigenvalue weighted by Crippen LogP contribution is -2.33. The first-order chi connectivity index (χ1) is 8.24. The van der Waals surface area contributed by atoms with Gasteiger partial charge in [0.05, 0.1) is 5.71 Å². The second-order valence-electron chi connectivity index (χ2n) is 5.80. The number of amides is 1. The lowest BCUT2D eigenvalue weighted by Gasteiger charge is -2.19. The first-order valence-electron chi connectivity index (χ1n) is 6.41. The molecular formula is C13H26N2O3. The van der Waals surface area contributed by atoms with Gasteiger partial charge in [-0.2, -0.15) is 0 Å². The van der Waals surface area contributed by atoms with Gasteiger partial charge in [-0.05, 0) is 46.0 Å². The highest BCUT2D eigenvalue weighted by atomic mass is 16.6. The predicted molar refractivity (Wildman–Crippen MR) is 72.1 cm³/mol. The molecule has 0 aliphatic rings. The van der Waals surface area contributed by atoms with Crippen LogP contribution in [0.25, 0.3) is 0 Å². The normalized spacial score (nSPS) is 12.7. The zero-order valence-electron chi connectivity index (χ0n) is 12.1. The highest BCUT2D eigenvalue weighted by molar-refractivity contribution is 5.84. The zero-order valence-corrected chi connectivity index (χ0v) is 12.1. The molecular weight excluding hydrogens is 232 g/mol. The summed E-state index contributed by atoms with van der Waals surface area (Å²) in [6, 6.07) is 0. The fraction of sp³-hybridized carbons (Fsp3) is 0.846. The molecule has 0 spiro atoms. The molecule has 5 heteroatoms. The number of nitrogens with one attached hydrogen (secondary N) is 1. The molecule has 2 N–H and O–H groups in total.